The lowest BCUT2D eigenvalue weighted by atomic mass is 10.0. The summed E-state index contributed by atoms with van der Waals surface area (Å²) in [5, 5.41) is 34.1. The molecule has 0 aliphatic heterocycles. The Hall–Kier alpha value is -2.12. The van der Waals surface area contributed by atoms with Gasteiger partial charge in [0.25, 0.3) is 0 Å². The summed E-state index contributed by atoms with van der Waals surface area (Å²) >= 11 is 0. The predicted octanol–water partition coefficient (Wildman–Crippen LogP) is 25.3. The third-order valence-electron chi connectivity index (χ3n) is 16.0. The molecule has 8 nitrogen and oxygen atoms in total. The van der Waals surface area contributed by atoms with Crippen LogP contribution in [-0.2, 0) is 19.2 Å². The van der Waals surface area contributed by atoms with E-state index in [1.54, 1.807) is 0 Å². The molecule has 0 heterocycles. The summed E-state index contributed by atoms with van der Waals surface area (Å²) in [5.74, 6) is -2.61. The van der Waals surface area contributed by atoms with Crippen LogP contribution < -0.4 is 0 Å². The van der Waals surface area contributed by atoms with Gasteiger partial charge in [-0.1, -0.05) is 387 Å². The first kappa shape index (κ1) is 84.3. The Labute approximate surface area is 499 Å². The molecule has 480 valence electrons. The van der Waals surface area contributed by atoms with Crippen LogP contribution >= 0.6 is 0 Å². The van der Waals surface area contributed by atoms with Crippen molar-refractivity contribution < 1.29 is 39.6 Å². The average Bonchev–Trinajstić information content (AvgIpc) is 3.43. The quantitative estimate of drug-likeness (QED) is 0.0440. The van der Waals surface area contributed by atoms with Gasteiger partial charge in [-0.25, -0.2) is 0 Å². The van der Waals surface area contributed by atoms with E-state index in [0.29, 0.717) is 25.7 Å². The normalized spacial score (nSPS) is 10.8. The van der Waals surface area contributed by atoms with Crippen LogP contribution in [0.1, 0.15) is 439 Å². The highest BCUT2D eigenvalue weighted by atomic mass is 16.4. The predicted molar refractivity (Wildman–Crippen MR) is 349 cm³/mol. The minimum atomic E-state index is -0.653. The first-order valence-electron chi connectivity index (χ1n) is 36.0. The van der Waals surface area contributed by atoms with Gasteiger partial charge in [-0.05, 0) is 25.7 Å². The highest BCUT2D eigenvalue weighted by molar-refractivity contribution is 5.67. The molecule has 0 rings (SSSR count). The number of rotatable bonds is 64. The molecule has 0 amide bonds. The highest BCUT2D eigenvalue weighted by Gasteiger charge is 2.02. The van der Waals surface area contributed by atoms with Crippen LogP contribution in [0.15, 0.2) is 0 Å². The zero-order valence-corrected chi connectivity index (χ0v) is 54.7. The third kappa shape index (κ3) is 98.0. The maximum absolute atomic E-state index is 10.3. The van der Waals surface area contributed by atoms with E-state index in [0.717, 1.165) is 51.4 Å². The molecule has 0 spiro atoms. The van der Waals surface area contributed by atoms with Crippen LogP contribution in [0.2, 0.25) is 0 Å². The minimum absolute atomic E-state index is 0.345. The Balaban J connectivity index is -0.000000481. The van der Waals surface area contributed by atoms with E-state index in [1.807, 2.05) is 0 Å². The fourth-order valence-electron chi connectivity index (χ4n) is 10.6. The number of carbonyl (C=O) groups is 4. The van der Waals surface area contributed by atoms with Crippen LogP contribution in [0, 0.1) is 0 Å². The smallest absolute Gasteiger partial charge is 0.303 e. The van der Waals surface area contributed by atoms with Gasteiger partial charge in [0, 0.05) is 25.7 Å². The van der Waals surface area contributed by atoms with Crippen molar-refractivity contribution >= 4 is 23.9 Å². The van der Waals surface area contributed by atoms with Crippen LogP contribution in [0.4, 0.5) is 0 Å². The molecule has 0 aromatic rings. The SMILES string of the molecule is CCCCCCCCCCCCCCCCCC(=O)O.CCCCCCCCCCCCCCCCCC(=O)O.CCCCCCCCCCCCCCCCCC(=O)O.CCCCCCCCCCCCCCCCCC(=O)O. The molecule has 0 radical (unpaired) electrons. The maximum Gasteiger partial charge on any atom is 0.303 e. The summed E-state index contributed by atoms with van der Waals surface area (Å²) in [4.78, 5) is 41.3. The molecular weight excluding hydrogens is 993 g/mol. The number of hydrogen-bond donors (Lipinski definition) is 4. The zero-order chi connectivity index (χ0) is 59.6. The van der Waals surface area contributed by atoms with E-state index in [1.165, 1.54) is 334 Å². The van der Waals surface area contributed by atoms with Gasteiger partial charge in [0.1, 0.15) is 0 Å². The second-order valence-electron chi connectivity index (χ2n) is 24.4. The molecule has 0 bridgehead atoms. The van der Waals surface area contributed by atoms with Crippen LogP contribution in [0.5, 0.6) is 0 Å². The summed E-state index contributed by atoms with van der Waals surface area (Å²) in [5.41, 5.74) is 0. The Morgan fingerprint density at radius 2 is 0.225 bits per heavy atom. The second kappa shape index (κ2) is 81.1. The van der Waals surface area contributed by atoms with Crippen molar-refractivity contribution in [2.45, 2.75) is 439 Å². The van der Waals surface area contributed by atoms with Crippen molar-refractivity contribution in [3.63, 3.8) is 0 Å². The van der Waals surface area contributed by atoms with Crippen molar-refractivity contribution in [2.75, 3.05) is 0 Å². The lowest BCUT2D eigenvalue weighted by Gasteiger charge is -2.03. The summed E-state index contributed by atoms with van der Waals surface area (Å²) in [6.45, 7) is 9.08. The van der Waals surface area contributed by atoms with Crippen LogP contribution in [-0.4, -0.2) is 44.3 Å². The molecule has 0 aromatic carbocycles. The Kier molecular flexibility index (Phi) is 85.5. The van der Waals surface area contributed by atoms with Crippen molar-refractivity contribution in [1.29, 1.82) is 0 Å². The second-order valence-corrected chi connectivity index (χ2v) is 24.4. The van der Waals surface area contributed by atoms with Crippen molar-refractivity contribution in [1.82, 2.24) is 0 Å². The van der Waals surface area contributed by atoms with Gasteiger partial charge in [0.15, 0.2) is 0 Å². The van der Waals surface area contributed by atoms with Gasteiger partial charge in [-0.15, -0.1) is 0 Å². The standard InChI is InChI=1S/4C18H36O2/c4*1-2-3-4-5-6-7-8-9-10-11-12-13-14-15-16-17-18(19)20/h4*2-17H2,1H3,(H,19,20). The largest absolute Gasteiger partial charge is 0.481 e. The van der Waals surface area contributed by atoms with Gasteiger partial charge in [0.05, 0.1) is 0 Å². The van der Waals surface area contributed by atoms with E-state index in [4.69, 9.17) is 20.4 Å². The van der Waals surface area contributed by atoms with E-state index < -0.39 is 23.9 Å². The van der Waals surface area contributed by atoms with Gasteiger partial charge in [0.2, 0.25) is 0 Å². The fourth-order valence-corrected chi connectivity index (χ4v) is 10.6. The molecular formula is C72H144O8. The van der Waals surface area contributed by atoms with Gasteiger partial charge in [-0.2, -0.15) is 0 Å². The molecule has 4 N–H and O–H groups in total. The van der Waals surface area contributed by atoms with E-state index in [2.05, 4.69) is 27.7 Å². The molecule has 0 atom stereocenters. The Morgan fingerprint density at radius 1 is 0.150 bits per heavy atom. The summed E-state index contributed by atoms with van der Waals surface area (Å²) in [7, 11) is 0. The molecule has 0 fully saturated rings. The van der Waals surface area contributed by atoms with Gasteiger partial charge >= 0.3 is 23.9 Å². The van der Waals surface area contributed by atoms with Crippen molar-refractivity contribution in [2.24, 2.45) is 0 Å². The van der Waals surface area contributed by atoms with Gasteiger partial charge in [-0.3, -0.25) is 19.2 Å². The van der Waals surface area contributed by atoms with Crippen LogP contribution in [0.25, 0.3) is 0 Å². The topological polar surface area (TPSA) is 149 Å². The maximum atomic E-state index is 10.3. The lowest BCUT2D eigenvalue weighted by molar-refractivity contribution is -0.138. The number of unbranched alkanes of at least 4 members (excludes halogenated alkanes) is 56. The van der Waals surface area contributed by atoms with E-state index in [9.17, 15) is 19.2 Å². The first-order chi connectivity index (χ1) is 39.1. The number of hydrogen-bond acceptors (Lipinski definition) is 4. The fraction of sp³-hybridized carbons (Fsp3) is 0.944. The highest BCUT2D eigenvalue weighted by Crippen LogP contribution is 2.18. The first-order valence-corrected chi connectivity index (χ1v) is 36.0. The summed E-state index contributed by atoms with van der Waals surface area (Å²) in [6.07, 6.45) is 80.8. The number of carboxylic acids is 4. The zero-order valence-electron chi connectivity index (χ0n) is 54.7. The molecule has 0 unspecified atom stereocenters. The molecule has 8 heteroatoms. The summed E-state index contributed by atoms with van der Waals surface area (Å²) in [6, 6.07) is 0. The van der Waals surface area contributed by atoms with Gasteiger partial charge < -0.3 is 20.4 Å². The molecule has 0 saturated carbocycles. The minimum Gasteiger partial charge on any atom is -0.481 e. The molecule has 0 aromatic heterocycles. The monoisotopic (exact) mass is 1140 g/mol. The molecule has 80 heavy (non-hydrogen) atoms. The van der Waals surface area contributed by atoms with E-state index in [-0.39, 0.29) is 0 Å². The number of aliphatic carboxylic acids is 4. The average molecular weight is 1140 g/mol. The molecule has 0 saturated heterocycles. The molecule has 0 aliphatic carbocycles. The Morgan fingerprint density at radius 3 is 0.300 bits per heavy atom. The third-order valence-corrected chi connectivity index (χ3v) is 16.0. The van der Waals surface area contributed by atoms with Crippen LogP contribution in [0.3, 0.4) is 0 Å². The van der Waals surface area contributed by atoms with Crippen molar-refractivity contribution in [3.05, 3.63) is 0 Å². The number of carboxylic acid groups (broad SMARTS) is 4. The Bertz CT molecular complexity index is 982. The lowest BCUT2D eigenvalue weighted by Crippen LogP contribution is -1.93. The van der Waals surface area contributed by atoms with E-state index >= 15 is 0 Å². The van der Waals surface area contributed by atoms with Crippen molar-refractivity contribution in [3.8, 4) is 0 Å². The summed E-state index contributed by atoms with van der Waals surface area (Å²) < 4.78 is 0. The molecule has 0 aliphatic rings.